The minimum Gasteiger partial charge on any atom is -0.394 e. The zero-order chi connectivity index (χ0) is 16.0. The van der Waals surface area contributed by atoms with Crippen LogP contribution in [0.4, 0.5) is 0 Å². The Bertz CT molecular complexity index is 552. The lowest BCUT2D eigenvalue weighted by molar-refractivity contribution is -0.0681. The molecule has 0 bridgehead atoms. The smallest absolute Gasteiger partial charge is 0.329 e. The Morgan fingerprint density at radius 2 is 2.05 bits per heavy atom. The monoisotopic (exact) mass is 318 g/mol. The average Bonchev–Trinajstić information content (AvgIpc) is 2.47. The number of aliphatic hydroxyl groups is 1. The Kier molecular flexibility index (Phi) is 7.16. The summed E-state index contributed by atoms with van der Waals surface area (Å²) in [6.07, 6.45) is 0.399. The summed E-state index contributed by atoms with van der Waals surface area (Å²) in [4.78, 5) is 25.8. The van der Waals surface area contributed by atoms with Crippen molar-refractivity contribution < 1.29 is 14.6 Å². The van der Waals surface area contributed by atoms with Crippen molar-refractivity contribution in [2.45, 2.75) is 31.4 Å². The zero-order valence-corrected chi connectivity index (χ0v) is 13.5. The predicted molar refractivity (Wildman–Crippen MR) is 81.9 cm³/mol. The van der Waals surface area contributed by atoms with Crippen LogP contribution in [0.2, 0.25) is 0 Å². The number of ether oxygens (including phenoxy) is 2. The Morgan fingerprint density at radius 1 is 1.38 bits per heavy atom. The third-order valence-corrected chi connectivity index (χ3v) is 4.33. The van der Waals surface area contributed by atoms with Crippen LogP contribution in [-0.4, -0.2) is 53.4 Å². The lowest BCUT2D eigenvalue weighted by atomic mass is 10.2. The number of aliphatic hydroxyl groups excluding tert-OH is 1. The Hall–Kier alpha value is -1.09. The third-order valence-electron chi connectivity index (χ3n) is 3.16. The Labute approximate surface area is 127 Å². The van der Waals surface area contributed by atoms with Crippen LogP contribution in [0.1, 0.15) is 17.9 Å². The van der Waals surface area contributed by atoms with Crippen LogP contribution in [0, 0.1) is 6.92 Å². The first-order valence-corrected chi connectivity index (χ1v) is 7.65. The Morgan fingerprint density at radius 3 is 2.52 bits per heavy atom. The second-order valence-corrected chi connectivity index (χ2v) is 5.88. The first kappa shape index (κ1) is 18.0. The minimum atomic E-state index is -0.571. The molecular formula is C13H22N2O5S. The van der Waals surface area contributed by atoms with Gasteiger partial charge < -0.3 is 14.6 Å². The molecule has 7 nitrogen and oxygen atoms in total. The maximum atomic E-state index is 12.1. The van der Waals surface area contributed by atoms with Crippen molar-refractivity contribution in [2.75, 3.05) is 26.6 Å². The van der Waals surface area contributed by atoms with Gasteiger partial charge in [0.2, 0.25) is 0 Å². The van der Waals surface area contributed by atoms with Gasteiger partial charge >= 0.3 is 5.69 Å². The van der Waals surface area contributed by atoms with Gasteiger partial charge in [0.1, 0.15) is 17.6 Å². The van der Waals surface area contributed by atoms with Gasteiger partial charge in [-0.05, 0) is 12.7 Å². The number of aromatic nitrogens is 2. The minimum absolute atomic E-state index is 0.229. The van der Waals surface area contributed by atoms with Gasteiger partial charge in [-0.25, -0.2) is 4.79 Å². The molecule has 1 aromatic rings. The molecule has 120 valence electrons. The van der Waals surface area contributed by atoms with Crippen LogP contribution < -0.4 is 11.2 Å². The summed E-state index contributed by atoms with van der Waals surface area (Å²) in [7, 11) is 2.97. The normalized spacial score (nSPS) is 15.7. The lowest BCUT2D eigenvalue weighted by Crippen LogP contribution is -2.43. The summed E-state index contributed by atoms with van der Waals surface area (Å²) in [5.41, 5.74) is -0.480. The highest BCUT2D eigenvalue weighted by atomic mass is 32.2. The molecule has 0 aromatic carbocycles. The molecule has 8 heteroatoms. The topological polar surface area (TPSA) is 93.5 Å². The summed E-state index contributed by atoms with van der Waals surface area (Å²) in [5, 5.41) is 8.98. The summed E-state index contributed by atoms with van der Waals surface area (Å²) < 4.78 is 12.1. The molecule has 0 saturated heterocycles. The molecule has 0 radical (unpaired) electrons. The van der Waals surface area contributed by atoms with Crippen molar-refractivity contribution in [3.05, 3.63) is 32.6 Å². The van der Waals surface area contributed by atoms with Gasteiger partial charge in [-0.3, -0.25) is 14.3 Å². The molecule has 0 unspecified atom stereocenters. The largest absolute Gasteiger partial charge is 0.394 e. The van der Waals surface area contributed by atoms with Gasteiger partial charge in [-0.2, -0.15) is 0 Å². The van der Waals surface area contributed by atoms with E-state index in [1.54, 1.807) is 6.92 Å². The molecule has 0 aliphatic heterocycles. The first-order chi connectivity index (χ1) is 9.99. The number of thioether (sulfide) groups is 1. The first-order valence-electron chi connectivity index (χ1n) is 6.60. The van der Waals surface area contributed by atoms with E-state index in [4.69, 9.17) is 9.47 Å². The fourth-order valence-electron chi connectivity index (χ4n) is 2.04. The van der Waals surface area contributed by atoms with E-state index >= 15 is 0 Å². The fraction of sp³-hybridized carbons (Fsp3) is 0.692. The highest BCUT2D eigenvalue weighted by Crippen LogP contribution is 2.29. The van der Waals surface area contributed by atoms with Crippen LogP contribution in [0.15, 0.2) is 15.8 Å². The number of nitrogens with one attached hydrogen (secondary N) is 1. The second-order valence-electron chi connectivity index (χ2n) is 4.48. The van der Waals surface area contributed by atoms with Crippen molar-refractivity contribution in [3.8, 4) is 0 Å². The van der Waals surface area contributed by atoms with Gasteiger partial charge in [0.15, 0.2) is 0 Å². The summed E-state index contributed by atoms with van der Waals surface area (Å²) >= 11 is 1.47. The summed E-state index contributed by atoms with van der Waals surface area (Å²) in [5.74, 6) is 0.733. The number of hydrogen-bond donors (Lipinski definition) is 2. The van der Waals surface area contributed by atoms with E-state index < -0.39 is 28.8 Å². The highest BCUT2D eigenvalue weighted by molar-refractivity contribution is 7.99. The average molecular weight is 318 g/mol. The number of nitrogens with zero attached hydrogens (tertiary/aromatic N) is 1. The molecule has 0 amide bonds. The summed E-state index contributed by atoms with van der Waals surface area (Å²) in [6.45, 7) is 3.35. The number of methoxy groups -OCH3 is 2. The van der Waals surface area contributed by atoms with E-state index in [0.29, 0.717) is 5.56 Å². The third kappa shape index (κ3) is 4.19. The van der Waals surface area contributed by atoms with Gasteiger partial charge in [-0.15, -0.1) is 11.8 Å². The van der Waals surface area contributed by atoms with Crippen LogP contribution in [0.5, 0.6) is 0 Å². The standard InChI is InChI=1S/C13H22N2O5S/c1-5-21-12(10(20-4)9(7-16)19-3)15-6-8(2)11(17)14-13(15)18/h6,9-10,12,16H,5,7H2,1-4H3,(H,14,17,18)/t9-,10-,12-/m1/s1. The molecule has 2 N–H and O–H groups in total. The number of hydrogen-bond acceptors (Lipinski definition) is 6. The Balaban J connectivity index is 3.31. The molecule has 0 spiro atoms. The summed E-state index contributed by atoms with van der Waals surface area (Å²) in [6, 6.07) is 0. The van der Waals surface area contributed by atoms with E-state index in [0.717, 1.165) is 5.75 Å². The van der Waals surface area contributed by atoms with E-state index in [1.165, 1.54) is 36.7 Å². The molecule has 1 aromatic heterocycles. The van der Waals surface area contributed by atoms with E-state index in [1.807, 2.05) is 6.92 Å². The predicted octanol–water partition coefficient (Wildman–Crippen LogP) is 0.119. The molecule has 1 rings (SSSR count). The van der Waals surface area contributed by atoms with Crippen LogP contribution in [-0.2, 0) is 9.47 Å². The van der Waals surface area contributed by atoms with Crippen LogP contribution in [0.25, 0.3) is 0 Å². The molecule has 0 aliphatic rings. The van der Waals surface area contributed by atoms with E-state index in [9.17, 15) is 14.7 Å². The van der Waals surface area contributed by atoms with Crippen LogP contribution >= 0.6 is 11.8 Å². The SMILES string of the molecule is CCS[C@H]([C@H](OC)[C@@H](CO)OC)n1cc(C)c(=O)[nH]c1=O. The van der Waals surface area contributed by atoms with Crippen molar-refractivity contribution in [1.82, 2.24) is 9.55 Å². The lowest BCUT2D eigenvalue weighted by Gasteiger charge is -2.31. The molecular weight excluding hydrogens is 296 g/mol. The number of H-pyrrole nitrogens is 1. The number of aromatic amines is 1. The molecule has 1 heterocycles. The van der Waals surface area contributed by atoms with E-state index in [2.05, 4.69) is 4.98 Å². The van der Waals surface area contributed by atoms with Gasteiger partial charge in [0.25, 0.3) is 5.56 Å². The quantitative estimate of drug-likeness (QED) is 0.707. The maximum absolute atomic E-state index is 12.1. The molecule has 3 atom stereocenters. The molecule has 21 heavy (non-hydrogen) atoms. The molecule has 0 saturated carbocycles. The van der Waals surface area contributed by atoms with Crippen LogP contribution in [0.3, 0.4) is 0 Å². The zero-order valence-electron chi connectivity index (χ0n) is 12.7. The van der Waals surface area contributed by atoms with Gasteiger partial charge in [0, 0.05) is 26.0 Å². The van der Waals surface area contributed by atoms with E-state index in [-0.39, 0.29) is 6.61 Å². The van der Waals surface area contributed by atoms with Gasteiger partial charge in [0.05, 0.1) is 6.61 Å². The number of aryl methyl sites for hydroxylation is 1. The van der Waals surface area contributed by atoms with Crippen molar-refractivity contribution in [1.29, 1.82) is 0 Å². The number of rotatable bonds is 8. The fourth-order valence-corrected chi connectivity index (χ4v) is 3.18. The molecule has 0 fully saturated rings. The maximum Gasteiger partial charge on any atom is 0.329 e. The van der Waals surface area contributed by atoms with Crippen molar-refractivity contribution in [2.24, 2.45) is 0 Å². The van der Waals surface area contributed by atoms with Gasteiger partial charge in [-0.1, -0.05) is 6.92 Å². The highest BCUT2D eigenvalue weighted by Gasteiger charge is 2.31. The van der Waals surface area contributed by atoms with Crippen molar-refractivity contribution >= 4 is 11.8 Å². The second kappa shape index (κ2) is 8.38. The molecule has 0 aliphatic carbocycles. The van der Waals surface area contributed by atoms with Crippen molar-refractivity contribution in [3.63, 3.8) is 0 Å².